The fourth-order valence-electron chi connectivity index (χ4n) is 3.34. The number of benzene rings is 2. The van der Waals surface area contributed by atoms with Gasteiger partial charge in [0.05, 0.1) is 16.4 Å². The number of aromatic nitrogens is 1. The van der Waals surface area contributed by atoms with E-state index >= 15 is 0 Å². The number of ether oxygens (including phenoxy) is 2. The largest absolute Gasteiger partial charge is 0.505 e. The highest BCUT2D eigenvalue weighted by Gasteiger charge is 2.28. The number of phenolic OH excluding ortho intramolecular Hbond substituents is 1. The molecule has 2 N–H and O–H groups in total. The predicted molar refractivity (Wildman–Crippen MR) is 107 cm³/mol. The number of nitrogens with zero attached hydrogens (tertiary/aromatic N) is 2. The van der Waals surface area contributed by atoms with Gasteiger partial charge in [0.2, 0.25) is 12.7 Å². The molecule has 0 fully saturated rings. The summed E-state index contributed by atoms with van der Waals surface area (Å²) in [7, 11) is 0. The van der Waals surface area contributed by atoms with Crippen LogP contribution in [0.15, 0.2) is 42.6 Å². The van der Waals surface area contributed by atoms with Gasteiger partial charge in [-0.2, -0.15) is 0 Å². The number of fused-ring (bicyclic) bond motifs is 2. The molecule has 1 aromatic heterocycles. The molecule has 0 unspecified atom stereocenters. The molecule has 0 radical (unpaired) electrons. The van der Waals surface area contributed by atoms with Gasteiger partial charge in [-0.15, -0.1) is 0 Å². The minimum absolute atomic E-state index is 0.0818. The molecule has 4 rings (SSSR count). The zero-order chi connectivity index (χ0) is 21.4. The lowest BCUT2D eigenvalue weighted by molar-refractivity contribution is -0.383. The van der Waals surface area contributed by atoms with Crippen LogP contribution in [0.4, 0.5) is 5.69 Å². The Morgan fingerprint density at radius 2 is 2.00 bits per heavy atom. The molecular weight excluding hydrogens is 390 g/mol. The van der Waals surface area contributed by atoms with Gasteiger partial charge in [-0.3, -0.25) is 19.9 Å². The van der Waals surface area contributed by atoms with Gasteiger partial charge in [-0.05, 0) is 29.8 Å². The number of hydrogen-bond donors (Lipinski definition) is 2. The van der Waals surface area contributed by atoms with E-state index in [2.05, 4.69) is 10.3 Å². The molecular formula is C21H19N3O6. The van der Waals surface area contributed by atoms with E-state index in [1.807, 2.05) is 0 Å². The summed E-state index contributed by atoms with van der Waals surface area (Å²) in [5.74, 6) is 0.202. The molecule has 3 aromatic rings. The minimum Gasteiger partial charge on any atom is -0.505 e. The predicted octanol–water partition coefficient (Wildman–Crippen LogP) is 3.44. The fraction of sp³-hybridized carbons (Fsp3) is 0.238. The van der Waals surface area contributed by atoms with Gasteiger partial charge in [0, 0.05) is 23.7 Å². The van der Waals surface area contributed by atoms with Gasteiger partial charge in [-0.1, -0.05) is 19.9 Å². The Balaban J connectivity index is 1.93. The Bertz CT molecular complexity index is 1160. The number of nitrogens with one attached hydrogen (secondary N) is 1. The van der Waals surface area contributed by atoms with Crippen LogP contribution in [0.3, 0.4) is 0 Å². The molecule has 9 nitrogen and oxygen atoms in total. The van der Waals surface area contributed by atoms with Gasteiger partial charge >= 0.3 is 0 Å². The lowest BCUT2D eigenvalue weighted by Crippen LogP contribution is -2.32. The van der Waals surface area contributed by atoms with Crippen molar-refractivity contribution in [2.45, 2.75) is 19.9 Å². The van der Waals surface area contributed by atoms with Crippen molar-refractivity contribution in [3.63, 3.8) is 0 Å². The first-order valence-corrected chi connectivity index (χ1v) is 9.31. The van der Waals surface area contributed by atoms with E-state index in [-0.39, 0.29) is 46.5 Å². The summed E-state index contributed by atoms with van der Waals surface area (Å²) in [6.07, 6.45) is 1.44. The molecule has 154 valence electrons. The molecule has 0 spiro atoms. The van der Waals surface area contributed by atoms with E-state index in [9.17, 15) is 20.0 Å². The number of aromatic hydroxyl groups is 1. The van der Waals surface area contributed by atoms with Crippen LogP contribution in [0.1, 0.15) is 31.0 Å². The van der Waals surface area contributed by atoms with Crippen molar-refractivity contribution in [1.29, 1.82) is 0 Å². The van der Waals surface area contributed by atoms with Crippen molar-refractivity contribution >= 4 is 22.5 Å². The van der Waals surface area contributed by atoms with Crippen LogP contribution in [-0.2, 0) is 4.79 Å². The maximum Gasteiger partial charge on any atom is 0.279 e. The van der Waals surface area contributed by atoms with Crippen LogP contribution < -0.4 is 14.8 Å². The second-order valence-corrected chi connectivity index (χ2v) is 7.20. The number of rotatable bonds is 5. The molecule has 1 atom stereocenters. The third-order valence-corrected chi connectivity index (χ3v) is 4.92. The summed E-state index contributed by atoms with van der Waals surface area (Å²) in [6.45, 7) is 3.55. The maximum atomic E-state index is 12.5. The van der Waals surface area contributed by atoms with Crippen molar-refractivity contribution in [3.8, 4) is 17.2 Å². The zero-order valence-electron chi connectivity index (χ0n) is 16.3. The lowest BCUT2D eigenvalue weighted by Gasteiger charge is -2.22. The van der Waals surface area contributed by atoms with Gasteiger partial charge in [0.15, 0.2) is 11.5 Å². The topological polar surface area (TPSA) is 124 Å². The monoisotopic (exact) mass is 409 g/mol. The molecule has 2 heterocycles. The van der Waals surface area contributed by atoms with Gasteiger partial charge in [0.1, 0.15) is 11.3 Å². The Hall–Kier alpha value is -3.88. The number of pyridine rings is 1. The smallest absolute Gasteiger partial charge is 0.279 e. The molecule has 0 saturated heterocycles. The lowest BCUT2D eigenvalue weighted by atomic mass is 9.94. The van der Waals surface area contributed by atoms with Crippen molar-refractivity contribution in [2.75, 3.05) is 6.79 Å². The Morgan fingerprint density at radius 3 is 2.73 bits per heavy atom. The SMILES string of the molecule is CC(C)C(=O)N[C@H](c1ccc2c(c1)OCO2)c1cc([N+](=O)[O-])c2cccnc2c1O. The van der Waals surface area contributed by atoms with Crippen LogP contribution in [0.5, 0.6) is 17.2 Å². The van der Waals surface area contributed by atoms with E-state index in [0.717, 1.165) is 0 Å². The molecule has 0 aliphatic carbocycles. The number of nitro groups is 1. The van der Waals surface area contributed by atoms with Gasteiger partial charge in [-0.25, -0.2) is 0 Å². The standard InChI is InChI=1S/C21H19N3O6/c1-11(2)21(26)23-18(12-5-6-16-17(8-12)30-10-29-16)14-9-15(24(27)28)13-4-3-7-22-19(13)20(14)25/h3-9,11,18,25H,10H2,1-2H3,(H,23,26)/t18-/m1/s1. The van der Waals surface area contributed by atoms with Crippen LogP contribution in [0.2, 0.25) is 0 Å². The summed E-state index contributed by atoms with van der Waals surface area (Å²) in [4.78, 5) is 27.8. The molecule has 1 aliphatic rings. The second-order valence-electron chi connectivity index (χ2n) is 7.20. The zero-order valence-corrected chi connectivity index (χ0v) is 16.3. The van der Waals surface area contributed by atoms with E-state index < -0.39 is 11.0 Å². The van der Waals surface area contributed by atoms with E-state index in [4.69, 9.17) is 9.47 Å². The van der Waals surface area contributed by atoms with Crippen LogP contribution in [-0.4, -0.2) is 27.7 Å². The first-order valence-electron chi connectivity index (χ1n) is 9.31. The van der Waals surface area contributed by atoms with Crippen molar-refractivity contribution < 1.29 is 24.3 Å². The first-order chi connectivity index (χ1) is 14.4. The molecule has 30 heavy (non-hydrogen) atoms. The highest BCUT2D eigenvalue weighted by molar-refractivity contribution is 5.94. The van der Waals surface area contributed by atoms with Crippen LogP contribution >= 0.6 is 0 Å². The van der Waals surface area contributed by atoms with Gasteiger partial charge in [0.25, 0.3) is 5.69 Å². The number of phenols is 1. The van der Waals surface area contributed by atoms with Crippen molar-refractivity contribution in [3.05, 3.63) is 63.8 Å². The van der Waals surface area contributed by atoms with E-state index in [1.54, 1.807) is 38.1 Å². The molecule has 0 saturated carbocycles. The normalized spacial score (nSPS) is 13.4. The number of carbonyl (C=O) groups excluding carboxylic acids is 1. The second kappa shape index (κ2) is 7.51. The number of amides is 1. The minimum atomic E-state index is -0.862. The summed E-state index contributed by atoms with van der Waals surface area (Å²) in [6, 6.07) is 8.58. The van der Waals surface area contributed by atoms with E-state index in [1.165, 1.54) is 18.3 Å². The third-order valence-electron chi connectivity index (χ3n) is 4.92. The molecule has 1 amide bonds. The van der Waals surface area contributed by atoms with Crippen LogP contribution in [0.25, 0.3) is 10.9 Å². The number of non-ortho nitro benzene ring substituents is 1. The highest BCUT2D eigenvalue weighted by atomic mass is 16.7. The van der Waals surface area contributed by atoms with Gasteiger partial charge < -0.3 is 19.9 Å². The molecule has 0 bridgehead atoms. The Kier molecular flexibility index (Phi) is 4.86. The molecule has 9 heteroatoms. The first kappa shape index (κ1) is 19.4. The quantitative estimate of drug-likeness (QED) is 0.489. The van der Waals surface area contributed by atoms with Crippen molar-refractivity contribution in [2.24, 2.45) is 5.92 Å². The third kappa shape index (κ3) is 3.34. The fourth-order valence-corrected chi connectivity index (χ4v) is 3.34. The summed E-state index contributed by atoms with van der Waals surface area (Å²) in [5.41, 5.74) is 0.621. The molecule has 2 aromatic carbocycles. The number of hydrogen-bond acceptors (Lipinski definition) is 7. The molecule has 1 aliphatic heterocycles. The Labute approximate surface area is 171 Å². The maximum absolute atomic E-state index is 12.5. The van der Waals surface area contributed by atoms with Crippen LogP contribution in [0, 0.1) is 16.0 Å². The summed E-state index contributed by atoms with van der Waals surface area (Å²) >= 11 is 0. The summed E-state index contributed by atoms with van der Waals surface area (Å²) < 4.78 is 10.8. The number of carbonyl (C=O) groups is 1. The highest BCUT2D eigenvalue weighted by Crippen LogP contribution is 2.41. The summed E-state index contributed by atoms with van der Waals surface area (Å²) in [5, 5.41) is 25.7. The number of nitro benzene ring substituents is 1. The average molecular weight is 409 g/mol. The Morgan fingerprint density at radius 1 is 1.23 bits per heavy atom. The van der Waals surface area contributed by atoms with E-state index in [0.29, 0.717) is 17.1 Å². The van der Waals surface area contributed by atoms with Crippen molar-refractivity contribution in [1.82, 2.24) is 10.3 Å². The average Bonchev–Trinajstić information content (AvgIpc) is 3.20.